The topological polar surface area (TPSA) is 85.3 Å². The van der Waals surface area contributed by atoms with Gasteiger partial charge in [-0.2, -0.15) is 18.3 Å². The van der Waals surface area contributed by atoms with Crippen molar-refractivity contribution in [3.05, 3.63) is 65.1 Å². The predicted molar refractivity (Wildman–Crippen MR) is 97.3 cm³/mol. The van der Waals surface area contributed by atoms with Gasteiger partial charge in [0.15, 0.2) is 22.8 Å². The Bertz CT molecular complexity index is 1240. The molecular weight excluding hydrogens is 406 g/mol. The summed E-state index contributed by atoms with van der Waals surface area (Å²) < 4.78 is 59.5. The normalized spacial score (nSPS) is 11.8. The monoisotopic (exact) mass is 419 g/mol. The van der Waals surface area contributed by atoms with Gasteiger partial charge in [-0.15, -0.1) is 0 Å². The van der Waals surface area contributed by atoms with Crippen LogP contribution in [0, 0.1) is 19.7 Å². The van der Waals surface area contributed by atoms with Crippen LogP contribution in [0.3, 0.4) is 0 Å². The molecule has 0 saturated heterocycles. The molecule has 3 aromatic heterocycles. The fraction of sp³-hybridized carbons (Fsp3) is 0.158. The van der Waals surface area contributed by atoms with Gasteiger partial charge in [-0.1, -0.05) is 5.16 Å². The Balaban J connectivity index is 1.80. The summed E-state index contributed by atoms with van der Waals surface area (Å²) in [5, 5.41) is 10.0. The summed E-state index contributed by atoms with van der Waals surface area (Å²) in [6, 6.07) is 6.80. The predicted octanol–water partition coefficient (Wildman–Crippen LogP) is 4.41. The van der Waals surface area contributed by atoms with Crippen molar-refractivity contribution in [2.75, 3.05) is 5.32 Å². The minimum Gasteiger partial charge on any atom is -0.359 e. The van der Waals surface area contributed by atoms with Crippen LogP contribution in [0.5, 0.6) is 0 Å². The molecule has 4 aromatic rings. The van der Waals surface area contributed by atoms with Crippen molar-refractivity contribution < 1.29 is 26.9 Å². The Morgan fingerprint density at radius 3 is 2.43 bits per heavy atom. The number of benzene rings is 1. The molecule has 0 unspecified atom stereocenters. The van der Waals surface area contributed by atoms with E-state index in [9.17, 15) is 22.4 Å². The van der Waals surface area contributed by atoms with Crippen molar-refractivity contribution in [1.82, 2.24) is 19.8 Å². The fourth-order valence-corrected chi connectivity index (χ4v) is 2.89. The average molecular weight is 419 g/mol. The summed E-state index contributed by atoms with van der Waals surface area (Å²) in [5.41, 5.74) is -0.606. The number of nitrogens with zero attached hydrogens (tertiary/aromatic N) is 4. The largest absolute Gasteiger partial charge is 0.433 e. The van der Waals surface area contributed by atoms with E-state index in [0.29, 0.717) is 21.7 Å². The molecule has 3 heterocycles. The van der Waals surface area contributed by atoms with Gasteiger partial charge in [0.05, 0.1) is 5.69 Å². The van der Waals surface area contributed by atoms with E-state index >= 15 is 0 Å². The molecule has 1 aromatic carbocycles. The molecule has 0 bridgehead atoms. The van der Waals surface area contributed by atoms with Crippen LogP contribution in [0.1, 0.15) is 27.6 Å². The third-order valence-electron chi connectivity index (χ3n) is 4.36. The van der Waals surface area contributed by atoms with Crippen molar-refractivity contribution in [2.24, 2.45) is 0 Å². The number of anilines is 1. The lowest BCUT2D eigenvalue weighted by molar-refractivity contribution is -0.142. The summed E-state index contributed by atoms with van der Waals surface area (Å²) in [5.74, 6) is -0.929. The Morgan fingerprint density at radius 1 is 1.13 bits per heavy atom. The minimum atomic E-state index is -4.77. The third kappa shape index (κ3) is 3.49. The van der Waals surface area contributed by atoms with E-state index in [1.165, 1.54) is 12.1 Å². The van der Waals surface area contributed by atoms with Crippen molar-refractivity contribution in [3.63, 3.8) is 0 Å². The number of carbonyl (C=O) groups excluding carboxylic acids is 1. The lowest BCUT2D eigenvalue weighted by Crippen LogP contribution is -2.16. The van der Waals surface area contributed by atoms with Gasteiger partial charge in [0.1, 0.15) is 17.2 Å². The van der Waals surface area contributed by atoms with Gasteiger partial charge in [-0.3, -0.25) is 4.79 Å². The van der Waals surface area contributed by atoms with E-state index in [0.717, 1.165) is 24.3 Å². The van der Waals surface area contributed by atoms with Gasteiger partial charge in [0, 0.05) is 11.6 Å². The molecule has 1 N–H and O–H groups in total. The fourth-order valence-electron chi connectivity index (χ4n) is 2.89. The number of aryl methyl sites for hydroxylation is 2. The highest BCUT2D eigenvalue weighted by Gasteiger charge is 2.35. The average Bonchev–Trinajstić information content (AvgIpc) is 3.25. The number of nitrogens with one attached hydrogen (secondary N) is 1. The third-order valence-corrected chi connectivity index (χ3v) is 4.36. The number of fused-ring (bicyclic) bond motifs is 1. The maximum atomic E-state index is 13.6. The van der Waals surface area contributed by atoms with Crippen LogP contribution in [0.2, 0.25) is 0 Å². The second-order valence-electron chi connectivity index (χ2n) is 6.48. The Morgan fingerprint density at radius 2 is 1.83 bits per heavy atom. The first-order valence-corrected chi connectivity index (χ1v) is 8.61. The maximum Gasteiger partial charge on any atom is 0.433 e. The first-order valence-electron chi connectivity index (χ1n) is 8.61. The molecule has 0 aliphatic carbocycles. The summed E-state index contributed by atoms with van der Waals surface area (Å²) in [6.07, 6.45) is -4.77. The molecule has 0 saturated carbocycles. The van der Waals surface area contributed by atoms with E-state index in [1.54, 1.807) is 13.8 Å². The standard InChI is InChI=1S/C19H13F4N5O2/c1-9-17(10(2)30-27-9)25-18(29)14-8-16-24-13(11-3-5-12(20)6-4-11)7-15(19(21,22)23)28(16)26-14/h3-8H,1-2H3,(H,25,29). The molecular formula is C19H13F4N5O2. The first-order chi connectivity index (χ1) is 14.1. The molecule has 11 heteroatoms. The summed E-state index contributed by atoms with van der Waals surface area (Å²) in [4.78, 5) is 16.7. The Hall–Kier alpha value is -3.76. The zero-order valence-corrected chi connectivity index (χ0v) is 15.6. The molecule has 0 aliphatic heterocycles. The highest BCUT2D eigenvalue weighted by molar-refractivity contribution is 6.04. The summed E-state index contributed by atoms with van der Waals surface area (Å²) >= 11 is 0. The summed E-state index contributed by atoms with van der Waals surface area (Å²) in [7, 11) is 0. The van der Waals surface area contributed by atoms with Crippen LogP contribution in [-0.4, -0.2) is 25.7 Å². The number of rotatable bonds is 3. The zero-order valence-electron chi connectivity index (χ0n) is 15.6. The Kier molecular flexibility index (Phi) is 4.52. The second-order valence-corrected chi connectivity index (χ2v) is 6.48. The first kappa shape index (κ1) is 19.6. The van der Waals surface area contributed by atoms with Gasteiger partial charge in [-0.05, 0) is 44.2 Å². The molecule has 0 spiro atoms. The van der Waals surface area contributed by atoms with Crippen molar-refractivity contribution in [3.8, 4) is 11.3 Å². The number of hydrogen-bond acceptors (Lipinski definition) is 5. The van der Waals surface area contributed by atoms with Gasteiger partial charge < -0.3 is 9.84 Å². The second kappa shape index (κ2) is 6.94. The van der Waals surface area contributed by atoms with E-state index in [4.69, 9.17) is 4.52 Å². The number of amides is 1. The molecule has 154 valence electrons. The van der Waals surface area contributed by atoms with Gasteiger partial charge in [0.25, 0.3) is 5.91 Å². The van der Waals surface area contributed by atoms with Gasteiger partial charge in [-0.25, -0.2) is 13.9 Å². The number of hydrogen-bond donors (Lipinski definition) is 1. The van der Waals surface area contributed by atoms with Crippen LogP contribution in [-0.2, 0) is 6.18 Å². The molecule has 30 heavy (non-hydrogen) atoms. The maximum absolute atomic E-state index is 13.6. The highest BCUT2D eigenvalue weighted by Crippen LogP contribution is 2.32. The van der Waals surface area contributed by atoms with Crippen molar-refractivity contribution >= 4 is 17.2 Å². The quantitative estimate of drug-likeness (QED) is 0.497. The van der Waals surface area contributed by atoms with Crippen LogP contribution >= 0.6 is 0 Å². The smallest absolute Gasteiger partial charge is 0.359 e. The number of aromatic nitrogens is 4. The highest BCUT2D eigenvalue weighted by atomic mass is 19.4. The number of alkyl halides is 3. The molecule has 0 fully saturated rings. The number of carbonyl (C=O) groups is 1. The molecule has 4 rings (SSSR count). The van der Waals surface area contributed by atoms with Crippen molar-refractivity contribution in [1.29, 1.82) is 0 Å². The lowest BCUT2D eigenvalue weighted by atomic mass is 10.1. The van der Waals surface area contributed by atoms with Gasteiger partial charge in [0.2, 0.25) is 0 Å². The molecule has 7 nitrogen and oxygen atoms in total. The molecule has 1 amide bonds. The van der Waals surface area contributed by atoms with Crippen LogP contribution < -0.4 is 5.32 Å². The van der Waals surface area contributed by atoms with Crippen molar-refractivity contribution in [2.45, 2.75) is 20.0 Å². The van der Waals surface area contributed by atoms with E-state index in [2.05, 4.69) is 20.6 Å². The molecule has 0 atom stereocenters. The van der Waals surface area contributed by atoms with Crippen LogP contribution in [0.15, 0.2) is 40.9 Å². The zero-order chi connectivity index (χ0) is 21.6. The number of halogens is 4. The van der Waals surface area contributed by atoms with E-state index in [1.807, 2.05) is 0 Å². The SMILES string of the molecule is Cc1noc(C)c1NC(=O)c1cc2nc(-c3ccc(F)cc3)cc(C(F)(F)F)n2n1. The van der Waals surface area contributed by atoms with Gasteiger partial charge >= 0.3 is 6.18 Å². The molecule has 0 radical (unpaired) electrons. The Labute approximate surface area is 166 Å². The molecule has 0 aliphatic rings. The van der Waals surface area contributed by atoms with E-state index in [-0.39, 0.29) is 22.6 Å². The van der Waals surface area contributed by atoms with Crippen LogP contribution in [0.4, 0.5) is 23.2 Å². The lowest BCUT2D eigenvalue weighted by Gasteiger charge is -2.11. The minimum absolute atomic E-state index is 0.0348. The van der Waals surface area contributed by atoms with E-state index < -0.39 is 23.6 Å². The van der Waals surface area contributed by atoms with Crippen LogP contribution in [0.25, 0.3) is 16.9 Å². The summed E-state index contributed by atoms with van der Waals surface area (Å²) in [6.45, 7) is 3.19.